The van der Waals surface area contributed by atoms with E-state index >= 15 is 0 Å². The van der Waals surface area contributed by atoms with Gasteiger partial charge in [0, 0.05) is 7.11 Å². The fourth-order valence-electron chi connectivity index (χ4n) is 1.69. The Labute approximate surface area is 118 Å². The first-order valence-electron chi connectivity index (χ1n) is 6.05. The molecule has 0 fully saturated rings. The van der Waals surface area contributed by atoms with Crippen molar-refractivity contribution in [1.29, 1.82) is 0 Å². The van der Waals surface area contributed by atoms with E-state index in [-0.39, 0.29) is 5.82 Å². The highest BCUT2D eigenvalue weighted by molar-refractivity contribution is 5.23. The minimum atomic E-state index is -4.70. The Morgan fingerprint density at radius 2 is 1.86 bits per heavy atom. The van der Waals surface area contributed by atoms with Crippen LogP contribution in [0.3, 0.4) is 0 Å². The Hall–Kier alpha value is -1.93. The Balaban J connectivity index is 2.35. The maximum absolute atomic E-state index is 12.9. The minimum absolute atomic E-state index is 0.0142. The van der Waals surface area contributed by atoms with Crippen LogP contribution in [0.1, 0.15) is 30.3 Å². The Morgan fingerprint density at radius 3 is 2.38 bits per heavy atom. The summed E-state index contributed by atoms with van der Waals surface area (Å²) in [6.45, 7) is 0.772. The van der Waals surface area contributed by atoms with Gasteiger partial charge in [0.25, 0.3) is 5.89 Å². The molecule has 0 saturated carbocycles. The fourth-order valence-corrected chi connectivity index (χ4v) is 1.69. The van der Waals surface area contributed by atoms with E-state index < -0.39 is 23.7 Å². The predicted molar refractivity (Wildman–Crippen MR) is 67.2 cm³/mol. The van der Waals surface area contributed by atoms with Crippen molar-refractivity contribution in [3.63, 3.8) is 0 Å². The van der Waals surface area contributed by atoms with Crippen LogP contribution < -0.4 is 5.73 Å². The van der Waals surface area contributed by atoms with E-state index in [0.29, 0.717) is 5.56 Å². The molecule has 2 aromatic rings. The van der Waals surface area contributed by atoms with Gasteiger partial charge in [-0.3, -0.25) is 0 Å². The molecule has 2 atom stereocenters. The molecule has 2 rings (SSSR count). The van der Waals surface area contributed by atoms with Crippen molar-refractivity contribution >= 4 is 0 Å². The summed E-state index contributed by atoms with van der Waals surface area (Å²) in [5.74, 6) is -0.720. The van der Waals surface area contributed by atoms with Gasteiger partial charge in [-0.2, -0.15) is 18.2 Å². The summed E-state index contributed by atoms with van der Waals surface area (Å²) in [4.78, 5) is 3.75. The Kier molecular flexibility index (Phi) is 4.02. The van der Waals surface area contributed by atoms with E-state index in [1.54, 1.807) is 30.3 Å². The molecule has 0 aliphatic heterocycles. The molecule has 0 radical (unpaired) electrons. The second-order valence-corrected chi connectivity index (χ2v) is 4.68. The molecule has 1 aromatic carbocycles. The van der Waals surface area contributed by atoms with Crippen molar-refractivity contribution in [2.45, 2.75) is 24.7 Å². The van der Waals surface area contributed by atoms with Gasteiger partial charge in [-0.25, -0.2) is 0 Å². The zero-order valence-corrected chi connectivity index (χ0v) is 11.4. The van der Waals surface area contributed by atoms with Crippen molar-refractivity contribution < 1.29 is 22.4 Å². The van der Waals surface area contributed by atoms with Gasteiger partial charge in [-0.15, -0.1) is 0 Å². The number of benzene rings is 1. The monoisotopic (exact) mass is 301 g/mol. The molecule has 0 saturated heterocycles. The molecular weight excluding hydrogens is 287 g/mol. The molecule has 0 spiro atoms. The lowest BCUT2D eigenvalue weighted by Gasteiger charge is -2.22. The number of hydrogen-bond acceptors (Lipinski definition) is 5. The molecule has 1 heterocycles. The molecule has 21 heavy (non-hydrogen) atoms. The number of rotatable bonds is 4. The second kappa shape index (κ2) is 5.45. The van der Waals surface area contributed by atoms with Gasteiger partial charge in [0.2, 0.25) is 5.82 Å². The minimum Gasteiger partial charge on any atom is -0.369 e. The van der Waals surface area contributed by atoms with Gasteiger partial charge in [0.1, 0.15) is 6.10 Å². The summed E-state index contributed by atoms with van der Waals surface area (Å²) in [7, 11) is 1.40. The first kappa shape index (κ1) is 15.5. The topological polar surface area (TPSA) is 74.2 Å². The van der Waals surface area contributed by atoms with Gasteiger partial charge < -0.3 is 15.0 Å². The number of ether oxygens (including phenoxy) is 1. The second-order valence-electron chi connectivity index (χ2n) is 4.68. The Morgan fingerprint density at radius 1 is 1.24 bits per heavy atom. The summed E-state index contributed by atoms with van der Waals surface area (Å²) in [5, 5.41) is 3.55. The third kappa shape index (κ3) is 2.91. The lowest BCUT2D eigenvalue weighted by Crippen LogP contribution is -2.48. The maximum Gasteiger partial charge on any atom is 0.415 e. The molecule has 2 unspecified atom stereocenters. The average molecular weight is 301 g/mol. The number of methoxy groups -OCH3 is 1. The number of nitrogens with two attached hydrogens (primary N) is 1. The fraction of sp³-hybridized carbons (Fsp3) is 0.385. The third-order valence-electron chi connectivity index (χ3n) is 3.05. The molecule has 0 amide bonds. The van der Waals surface area contributed by atoms with E-state index in [2.05, 4.69) is 14.7 Å². The van der Waals surface area contributed by atoms with Crippen molar-refractivity contribution in [2.75, 3.05) is 7.11 Å². The summed E-state index contributed by atoms with van der Waals surface area (Å²) < 4.78 is 48.5. The van der Waals surface area contributed by atoms with Crippen LogP contribution in [-0.2, 0) is 10.3 Å². The number of alkyl halides is 3. The van der Waals surface area contributed by atoms with Crippen LogP contribution in [0.25, 0.3) is 0 Å². The average Bonchev–Trinajstić information content (AvgIpc) is 2.90. The maximum atomic E-state index is 12.9. The van der Waals surface area contributed by atoms with Crippen molar-refractivity contribution in [3.05, 3.63) is 47.6 Å². The summed E-state index contributed by atoms with van der Waals surface area (Å²) >= 11 is 0. The van der Waals surface area contributed by atoms with Gasteiger partial charge in [-0.05, 0) is 12.5 Å². The highest BCUT2D eigenvalue weighted by atomic mass is 19.4. The molecule has 0 aliphatic carbocycles. The normalized spacial score (nSPS) is 16.5. The smallest absolute Gasteiger partial charge is 0.369 e. The van der Waals surface area contributed by atoms with Crippen LogP contribution in [0.4, 0.5) is 13.2 Å². The van der Waals surface area contributed by atoms with Crippen molar-refractivity contribution in [1.82, 2.24) is 10.1 Å². The number of aromatic nitrogens is 2. The van der Waals surface area contributed by atoms with Crippen LogP contribution in [0.15, 0.2) is 34.9 Å². The first-order valence-corrected chi connectivity index (χ1v) is 6.05. The van der Waals surface area contributed by atoms with Crippen LogP contribution >= 0.6 is 0 Å². The van der Waals surface area contributed by atoms with Crippen LogP contribution in [0.5, 0.6) is 0 Å². The van der Waals surface area contributed by atoms with Gasteiger partial charge >= 0.3 is 6.18 Å². The molecule has 0 bridgehead atoms. The standard InChI is InChI=1S/C13H14F3N3O2/c1-12(17,13(14,15)16)11-18-10(19-21-11)9(20-2)8-6-4-3-5-7-8/h3-7,9H,17H2,1-2H3. The van der Waals surface area contributed by atoms with E-state index in [9.17, 15) is 13.2 Å². The molecule has 0 aliphatic rings. The largest absolute Gasteiger partial charge is 0.415 e. The highest BCUT2D eigenvalue weighted by Gasteiger charge is 2.53. The number of halogens is 3. The summed E-state index contributed by atoms with van der Waals surface area (Å²) in [6.07, 6.45) is -5.43. The molecule has 2 N–H and O–H groups in total. The molecule has 8 heteroatoms. The number of nitrogens with zero attached hydrogens (tertiary/aromatic N) is 2. The first-order chi connectivity index (χ1) is 9.77. The van der Waals surface area contributed by atoms with Crippen LogP contribution in [-0.4, -0.2) is 23.4 Å². The Bertz CT molecular complexity index is 596. The van der Waals surface area contributed by atoms with Gasteiger partial charge in [0.05, 0.1) is 0 Å². The molecule has 114 valence electrons. The molecule has 1 aromatic heterocycles. The van der Waals surface area contributed by atoms with E-state index in [4.69, 9.17) is 10.5 Å². The highest BCUT2D eigenvalue weighted by Crippen LogP contribution is 2.36. The molecule has 5 nitrogen and oxygen atoms in total. The lowest BCUT2D eigenvalue weighted by molar-refractivity contribution is -0.190. The number of hydrogen-bond donors (Lipinski definition) is 1. The van der Waals surface area contributed by atoms with Crippen LogP contribution in [0.2, 0.25) is 0 Å². The SMILES string of the molecule is COC(c1ccccc1)c1noc(C(C)(N)C(F)(F)F)n1. The van der Waals surface area contributed by atoms with E-state index in [1.807, 2.05) is 0 Å². The zero-order valence-electron chi connectivity index (χ0n) is 11.4. The molecular formula is C13H14F3N3O2. The summed E-state index contributed by atoms with van der Waals surface area (Å²) in [6, 6.07) is 8.83. The zero-order chi connectivity index (χ0) is 15.7. The summed E-state index contributed by atoms with van der Waals surface area (Å²) in [5.41, 5.74) is 3.22. The van der Waals surface area contributed by atoms with E-state index in [0.717, 1.165) is 6.92 Å². The third-order valence-corrected chi connectivity index (χ3v) is 3.05. The van der Waals surface area contributed by atoms with Crippen molar-refractivity contribution in [3.8, 4) is 0 Å². The van der Waals surface area contributed by atoms with Crippen LogP contribution in [0, 0.1) is 0 Å². The van der Waals surface area contributed by atoms with E-state index in [1.165, 1.54) is 7.11 Å². The van der Waals surface area contributed by atoms with Crippen molar-refractivity contribution in [2.24, 2.45) is 5.73 Å². The predicted octanol–water partition coefficient (Wildman–Crippen LogP) is 2.54. The van der Waals surface area contributed by atoms with Gasteiger partial charge in [-0.1, -0.05) is 35.5 Å². The quantitative estimate of drug-likeness (QED) is 0.939. The van der Waals surface area contributed by atoms with Gasteiger partial charge in [0.15, 0.2) is 5.54 Å². The lowest BCUT2D eigenvalue weighted by atomic mass is 10.0.